The van der Waals surface area contributed by atoms with Crippen LogP contribution in [0, 0.1) is 0 Å². The van der Waals surface area contributed by atoms with E-state index < -0.39 is 5.91 Å². The number of nitrogens with zero attached hydrogens (tertiary/aromatic N) is 3. The molecule has 2 aromatic carbocycles. The van der Waals surface area contributed by atoms with E-state index in [9.17, 15) is 9.59 Å². The van der Waals surface area contributed by atoms with Crippen molar-refractivity contribution in [2.24, 2.45) is 0 Å². The van der Waals surface area contributed by atoms with Gasteiger partial charge >= 0.3 is 0 Å². The fourth-order valence-electron chi connectivity index (χ4n) is 4.32. The standard InChI is InChI=1S/C27H31N5O5/c1-35-20-9-8-18(23(16-20)37-3)17-32-14-10-19(11-15-32)30-27(34)24-25(29-13-12-28-24)31-26(33)21-6-4-5-7-22(21)36-2/h4-9,12-13,16,19H,10-11,14-15,17H2,1-3H3,(H,30,34)(H,29,31,33). The summed E-state index contributed by atoms with van der Waals surface area (Å²) in [5.41, 5.74) is 1.49. The van der Waals surface area contributed by atoms with Crippen molar-refractivity contribution in [1.82, 2.24) is 20.2 Å². The summed E-state index contributed by atoms with van der Waals surface area (Å²) in [5, 5.41) is 5.74. The summed E-state index contributed by atoms with van der Waals surface area (Å²) in [4.78, 5) is 36.6. The molecular weight excluding hydrogens is 474 g/mol. The number of hydrogen-bond acceptors (Lipinski definition) is 8. The Kier molecular flexibility index (Phi) is 8.52. The molecule has 2 heterocycles. The number of carbonyl (C=O) groups is 2. The monoisotopic (exact) mass is 505 g/mol. The molecule has 0 radical (unpaired) electrons. The minimum atomic E-state index is -0.436. The molecule has 0 spiro atoms. The van der Waals surface area contributed by atoms with Crippen molar-refractivity contribution in [1.29, 1.82) is 0 Å². The molecule has 1 aromatic heterocycles. The van der Waals surface area contributed by atoms with Gasteiger partial charge in [0.05, 0.1) is 26.9 Å². The van der Waals surface area contributed by atoms with E-state index in [4.69, 9.17) is 14.2 Å². The predicted octanol–water partition coefficient (Wildman–Crippen LogP) is 3.15. The molecule has 0 unspecified atom stereocenters. The highest BCUT2D eigenvalue weighted by atomic mass is 16.5. The van der Waals surface area contributed by atoms with Crippen LogP contribution in [-0.4, -0.2) is 67.1 Å². The molecule has 0 bridgehead atoms. The van der Waals surface area contributed by atoms with Crippen LogP contribution in [-0.2, 0) is 6.54 Å². The molecule has 10 heteroatoms. The van der Waals surface area contributed by atoms with Crippen LogP contribution in [0.4, 0.5) is 5.82 Å². The fourth-order valence-corrected chi connectivity index (χ4v) is 4.32. The van der Waals surface area contributed by atoms with E-state index in [1.54, 1.807) is 38.5 Å². The van der Waals surface area contributed by atoms with Crippen LogP contribution in [0.3, 0.4) is 0 Å². The van der Waals surface area contributed by atoms with Crippen LogP contribution in [0.15, 0.2) is 54.9 Å². The Morgan fingerprint density at radius 2 is 1.65 bits per heavy atom. The van der Waals surface area contributed by atoms with Gasteiger partial charge in [-0.05, 0) is 31.0 Å². The molecule has 10 nitrogen and oxygen atoms in total. The van der Waals surface area contributed by atoms with E-state index in [2.05, 4.69) is 25.5 Å². The zero-order valence-electron chi connectivity index (χ0n) is 21.2. The molecule has 37 heavy (non-hydrogen) atoms. The second-order valence-electron chi connectivity index (χ2n) is 8.61. The van der Waals surface area contributed by atoms with Gasteiger partial charge in [-0.25, -0.2) is 9.97 Å². The number of carbonyl (C=O) groups excluding carboxylic acids is 2. The molecule has 1 fully saturated rings. The molecule has 0 aliphatic carbocycles. The molecule has 0 saturated carbocycles. The molecule has 1 saturated heterocycles. The van der Waals surface area contributed by atoms with Gasteiger partial charge in [0.15, 0.2) is 11.5 Å². The highest BCUT2D eigenvalue weighted by Crippen LogP contribution is 2.27. The third-order valence-corrected chi connectivity index (χ3v) is 6.31. The van der Waals surface area contributed by atoms with Gasteiger partial charge in [0.1, 0.15) is 17.2 Å². The minimum Gasteiger partial charge on any atom is -0.497 e. The van der Waals surface area contributed by atoms with Crippen molar-refractivity contribution in [2.75, 3.05) is 39.7 Å². The van der Waals surface area contributed by atoms with Crippen molar-refractivity contribution in [3.63, 3.8) is 0 Å². The Balaban J connectivity index is 1.35. The Morgan fingerprint density at radius 3 is 2.38 bits per heavy atom. The summed E-state index contributed by atoms with van der Waals surface area (Å²) in [6.07, 6.45) is 4.43. The van der Waals surface area contributed by atoms with Crippen LogP contribution in [0.1, 0.15) is 39.3 Å². The molecule has 3 aromatic rings. The largest absolute Gasteiger partial charge is 0.497 e. The molecule has 194 valence electrons. The van der Waals surface area contributed by atoms with Crippen LogP contribution in [0.5, 0.6) is 17.2 Å². The van der Waals surface area contributed by atoms with Crippen molar-refractivity contribution in [2.45, 2.75) is 25.4 Å². The molecule has 1 aliphatic heterocycles. The van der Waals surface area contributed by atoms with Crippen molar-refractivity contribution >= 4 is 17.6 Å². The highest BCUT2D eigenvalue weighted by molar-refractivity contribution is 6.08. The van der Waals surface area contributed by atoms with Crippen LogP contribution < -0.4 is 24.8 Å². The Hall–Kier alpha value is -4.18. The smallest absolute Gasteiger partial charge is 0.273 e. The van der Waals surface area contributed by atoms with E-state index in [-0.39, 0.29) is 23.5 Å². The van der Waals surface area contributed by atoms with E-state index in [1.807, 2.05) is 18.2 Å². The number of benzene rings is 2. The lowest BCUT2D eigenvalue weighted by Gasteiger charge is -2.32. The van der Waals surface area contributed by atoms with Crippen LogP contribution in [0.25, 0.3) is 0 Å². The van der Waals surface area contributed by atoms with E-state index in [0.29, 0.717) is 11.3 Å². The number of aromatic nitrogens is 2. The van der Waals surface area contributed by atoms with Gasteiger partial charge < -0.3 is 24.8 Å². The second-order valence-corrected chi connectivity index (χ2v) is 8.61. The van der Waals surface area contributed by atoms with Gasteiger partial charge in [-0.1, -0.05) is 18.2 Å². The van der Waals surface area contributed by atoms with Crippen LogP contribution in [0.2, 0.25) is 0 Å². The Morgan fingerprint density at radius 1 is 0.919 bits per heavy atom. The van der Waals surface area contributed by atoms with Crippen molar-refractivity contribution in [3.8, 4) is 17.2 Å². The molecule has 2 N–H and O–H groups in total. The lowest BCUT2D eigenvalue weighted by Crippen LogP contribution is -2.44. The van der Waals surface area contributed by atoms with E-state index >= 15 is 0 Å². The minimum absolute atomic E-state index is 0.0127. The van der Waals surface area contributed by atoms with E-state index in [1.165, 1.54) is 19.5 Å². The summed E-state index contributed by atoms with van der Waals surface area (Å²) in [7, 11) is 4.78. The molecular formula is C27H31N5O5. The number of rotatable bonds is 9. The number of anilines is 1. The number of piperidine rings is 1. The normalized spacial score (nSPS) is 14.0. The number of ether oxygens (including phenoxy) is 3. The maximum Gasteiger partial charge on any atom is 0.273 e. The summed E-state index contributed by atoms with van der Waals surface area (Å²) in [5.74, 6) is 1.26. The third kappa shape index (κ3) is 6.34. The second kappa shape index (κ2) is 12.2. The predicted molar refractivity (Wildman–Crippen MR) is 138 cm³/mol. The maximum absolute atomic E-state index is 13.1. The number of hydrogen-bond donors (Lipinski definition) is 2. The molecule has 0 atom stereocenters. The number of amides is 2. The van der Waals surface area contributed by atoms with Crippen molar-refractivity contribution in [3.05, 3.63) is 71.7 Å². The molecule has 1 aliphatic rings. The first-order valence-corrected chi connectivity index (χ1v) is 12.0. The van der Waals surface area contributed by atoms with Gasteiger partial charge in [-0.3, -0.25) is 14.5 Å². The van der Waals surface area contributed by atoms with Crippen LogP contribution >= 0.6 is 0 Å². The van der Waals surface area contributed by atoms with Crippen molar-refractivity contribution < 1.29 is 23.8 Å². The SMILES string of the molecule is COc1ccc(CN2CCC(NC(=O)c3nccnc3NC(=O)c3ccccc3OC)CC2)c(OC)c1. The Bertz CT molecular complexity index is 1240. The number of methoxy groups -OCH3 is 3. The zero-order valence-corrected chi connectivity index (χ0v) is 21.2. The topological polar surface area (TPSA) is 115 Å². The van der Waals surface area contributed by atoms with Gasteiger partial charge in [0.2, 0.25) is 0 Å². The summed E-state index contributed by atoms with van der Waals surface area (Å²) in [6.45, 7) is 2.38. The quantitative estimate of drug-likeness (QED) is 0.456. The average molecular weight is 506 g/mol. The average Bonchev–Trinajstić information content (AvgIpc) is 2.94. The first-order valence-electron chi connectivity index (χ1n) is 12.0. The van der Waals surface area contributed by atoms with Gasteiger partial charge in [-0.15, -0.1) is 0 Å². The number of nitrogens with one attached hydrogen (secondary N) is 2. The number of likely N-dealkylation sites (tertiary alicyclic amines) is 1. The molecule has 2 amide bonds. The zero-order chi connectivity index (χ0) is 26.2. The Labute approximate surface area is 216 Å². The third-order valence-electron chi connectivity index (χ3n) is 6.31. The van der Waals surface area contributed by atoms with E-state index in [0.717, 1.165) is 49.5 Å². The van der Waals surface area contributed by atoms with Gasteiger partial charge in [0.25, 0.3) is 11.8 Å². The lowest BCUT2D eigenvalue weighted by atomic mass is 10.0. The molecule has 4 rings (SSSR count). The maximum atomic E-state index is 13.1. The first kappa shape index (κ1) is 25.9. The fraction of sp³-hybridized carbons (Fsp3) is 0.333. The summed E-state index contributed by atoms with van der Waals surface area (Å²) >= 11 is 0. The summed E-state index contributed by atoms with van der Waals surface area (Å²) < 4.78 is 16.1. The summed E-state index contributed by atoms with van der Waals surface area (Å²) in [6, 6.07) is 12.6. The highest BCUT2D eigenvalue weighted by Gasteiger charge is 2.25. The lowest BCUT2D eigenvalue weighted by molar-refractivity contribution is 0.0904. The van der Waals surface area contributed by atoms with Gasteiger partial charge in [-0.2, -0.15) is 0 Å². The van der Waals surface area contributed by atoms with Gasteiger partial charge in [0, 0.05) is 49.7 Å². The number of para-hydroxylation sites is 1. The first-order chi connectivity index (χ1) is 18.0.